The SMILES string of the molecule is CC(=O)Nc1ccc(NC(=O)CN2C(=O)CC(C)(C)S(=O)(=O)c3ccccc32)cc1. The largest absolute Gasteiger partial charge is 0.326 e. The summed E-state index contributed by atoms with van der Waals surface area (Å²) in [6.45, 7) is 4.09. The topological polar surface area (TPSA) is 113 Å². The predicted octanol–water partition coefficient (Wildman–Crippen LogP) is 2.57. The highest BCUT2D eigenvalue weighted by atomic mass is 32.2. The number of nitrogens with one attached hydrogen (secondary N) is 2. The zero-order valence-corrected chi connectivity index (χ0v) is 17.7. The molecule has 0 aliphatic carbocycles. The summed E-state index contributed by atoms with van der Waals surface area (Å²) in [5, 5.41) is 5.32. The normalized spacial score (nSPS) is 16.9. The molecule has 0 bridgehead atoms. The van der Waals surface area contributed by atoms with Crippen molar-refractivity contribution in [2.75, 3.05) is 22.1 Å². The van der Waals surface area contributed by atoms with Gasteiger partial charge in [0, 0.05) is 24.7 Å². The minimum absolute atomic E-state index is 0.0355. The third-order valence-electron chi connectivity index (χ3n) is 4.84. The Morgan fingerprint density at radius 1 is 1.00 bits per heavy atom. The zero-order chi connectivity index (χ0) is 22.1. The minimum Gasteiger partial charge on any atom is -0.326 e. The lowest BCUT2D eigenvalue weighted by Gasteiger charge is -2.22. The van der Waals surface area contributed by atoms with Crippen LogP contribution in [0.5, 0.6) is 0 Å². The molecule has 3 rings (SSSR count). The number of nitrogens with zero attached hydrogens (tertiary/aromatic N) is 1. The monoisotopic (exact) mass is 429 g/mol. The van der Waals surface area contributed by atoms with E-state index in [0.717, 1.165) is 0 Å². The van der Waals surface area contributed by atoms with Crippen LogP contribution < -0.4 is 15.5 Å². The number of amides is 3. The maximum Gasteiger partial charge on any atom is 0.244 e. The molecule has 0 spiro atoms. The van der Waals surface area contributed by atoms with Gasteiger partial charge in [-0.3, -0.25) is 14.4 Å². The van der Waals surface area contributed by atoms with Crippen LogP contribution >= 0.6 is 0 Å². The summed E-state index contributed by atoms with van der Waals surface area (Å²) < 4.78 is 24.7. The van der Waals surface area contributed by atoms with Crippen LogP contribution in [0.1, 0.15) is 27.2 Å². The molecular formula is C21H23N3O5S. The van der Waals surface area contributed by atoms with Crippen LogP contribution in [-0.2, 0) is 24.2 Å². The summed E-state index contributed by atoms with van der Waals surface area (Å²) in [7, 11) is -3.76. The number of hydrogen-bond acceptors (Lipinski definition) is 5. The first-order valence-electron chi connectivity index (χ1n) is 9.33. The molecule has 9 heteroatoms. The van der Waals surface area contributed by atoms with Crippen LogP contribution in [-0.4, -0.2) is 37.4 Å². The van der Waals surface area contributed by atoms with E-state index >= 15 is 0 Å². The molecule has 0 unspecified atom stereocenters. The van der Waals surface area contributed by atoms with Crippen molar-refractivity contribution in [3.05, 3.63) is 48.5 Å². The average Bonchev–Trinajstić information content (AvgIpc) is 2.71. The molecule has 30 heavy (non-hydrogen) atoms. The van der Waals surface area contributed by atoms with Gasteiger partial charge in [-0.15, -0.1) is 0 Å². The lowest BCUT2D eigenvalue weighted by atomic mass is 10.1. The quantitative estimate of drug-likeness (QED) is 0.776. The molecule has 1 heterocycles. The number of sulfone groups is 1. The number of hydrogen-bond donors (Lipinski definition) is 2. The van der Waals surface area contributed by atoms with Crippen LogP contribution in [0.2, 0.25) is 0 Å². The highest BCUT2D eigenvalue weighted by Gasteiger charge is 2.44. The summed E-state index contributed by atoms with van der Waals surface area (Å²) in [5.74, 6) is -1.12. The molecule has 1 aliphatic heterocycles. The Balaban J connectivity index is 1.84. The van der Waals surface area contributed by atoms with Gasteiger partial charge in [0.15, 0.2) is 9.84 Å². The number of anilines is 3. The Kier molecular flexibility index (Phi) is 5.67. The molecular weight excluding hydrogens is 406 g/mol. The molecule has 0 aromatic heterocycles. The van der Waals surface area contributed by atoms with E-state index in [4.69, 9.17) is 0 Å². The van der Waals surface area contributed by atoms with Crippen molar-refractivity contribution in [1.82, 2.24) is 0 Å². The molecule has 0 atom stereocenters. The molecule has 2 aromatic carbocycles. The third kappa shape index (κ3) is 4.20. The smallest absolute Gasteiger partial charge is 0.244 e. The number of carbonyl (C=O) groups is 3. The molecule has 158 valence electrons. The molecule has 0 radical (unpaired) electrons. The summed E-state index contributed by atoms with van der Waals surface area (Å²) in [5.41, 5.74) is 1.27. The van der Waals surface area contributed by atoms with Gasteiger partial charge in [-0.25, -0.2) is 8.42 Å². The van der Waals surface area contributed by atoms with E-state index in [1.807, 2.05) is 0 Å². The Labute approximate surface area is 175 Å². The first-order valence-corrected chi connectivity index (χ1v) is 10.8. The van der Waals surface area contributed by atoms with Crippen LogP contribution in [0.15, 0.2) is 53.4 Å². The first-order chi connectivity index (χ1) is 14.0. The molecule has 3 amide bonds. The first kappa shape index (κ1) is 21.5. The summed E-state index contributed by atoms with van der Waals surface area (Å²) in [6.07, 6.45) is -0.233. The highest BCUT2D eigenvalue weighted by Crippen LogP contribution is 2.38. The van der Waals surface area contributed by atoms with Gasteiger partial charge in [-0.05, 0) is 50.2 Å². The van der Waals surface area contributed by atoms with Gasteiger partial charge in [0.2, 0.25) is 17.7 Å². The molecule has 8 nitrogen and oxygen atoms in total. The Bertz CT molecular complexity index is 1110. The minimum atomic E-state index is -3.76. The Morgan fingerprint density at radius 3 is 2.17 bits per heavy atom. The zero-order valence-electron chi connectivity index (χ0n) is 16.9. The van der Waals surface area contributed by atoms with E-state index in [-0.39, 0.29) is 29.5 Å². The second-order valence-corrected chi connectivity index (χ2v) is 10.2. The molecule has 0 fully saturated rings. The van der Waals surface area contributed by atoms with Crippen LogP contribution in [0.3, 0.4) is 0 Å². The maximum absolute atomic E-state index is 13.0. The Morgan fingerprint density at radius 2 is 1.57 bits per heavy atom. The van der Waals surface area contributed by atoms with Crippen molar-refractivity contribution in [3.8, 4) is 0 Å². The fourth-order valence-corrected chi connectivity index (χ4v) is 4.87. The second kappa shape index (κ2) is 7.91. The fraction of sp³-hybridized carbons (Fsp3) is 0.286. The van der Waals surface area contributed by atoms with Gasteiger partial charge >= 0.3 is 0 Å². The van der Waals surface area contributed by atoms with Crippen LogP contribution in [0.25, 0.3) is 0 Å². The summed E-state index contributed by atoms with van der Waals surface area (Å²) >= 11 is 0. The molecule has 1 aliphatic rings. The van der Waals surface area contributed by atoms with E-state index in [1.165, 1.54) is 37.8 Å². The number of rotatable bonds is 4. The van der Waals surface area contributed by atoms with Gasteiger partial charge in [0.25, 0.3) is 0 Å². The van der Waals surface area contributed by atoms with Gasteiger partial charge < -0.3 is 15.5 Å². The van der Waals surface area contributed by atoms with Gasteiger partial charge in [0.05, 0.1) is 15.3 Å². The number of fused-ring (bicyclic) bond motifs is 1. The highest BCUT2D eigenvalue weighted by molar-refractivity contribution is 7.93. The third-order valence-corrected chi connectivity index (χ3v) is 7.37. The lowest BCUT2D eigenvalue weighted by Crippen LogP contribution is -2.40. The number of para-hydroxylation sites is 1. The van der Waals surface area contributed by atoms with Gasteiger partial charge in [0.1, 0.15) is 6.54 Å². The van der Waals surface area contributed by atoms with Crippen LogP contribution in [0, 0.1) is 0 Å². The summed E-state index contributed by atoms with van der Waals surface area (Å²) in [6, 6.07) is 12.7. The van der Waals surface area contributed by atoms with Crippen molar-refractivity contribution in [3.63, 3.8) is 0 Å². The Hall–Kier alpha value is -3.20. The molecule has 0 saturated heterocycles. The second-order valence-electron chi connectivity index (χ2n) is 7.69. The van der Waals surface area contributed by atoms with Crippen molar-refractivity contribution in [2.24, 2.45) is 0 Å². The standard InChI is InChI=1S/C21H23N3O5S/c1-14(25)22-15-8-10-16(11-9-15)23-19(26)13-24-17-6-4-5-7-18(17)30(28,29)21(2,3)12-20(24)27/h4-11H,12-13H2,1-3H3,(H,22,25)(H,23,26). The van der Waals surface area contributed by atoms with E-state index in [1.54, 1.807) is 36.4 Å². The van der Waals surface area contributed by atoms with E-state index in [2.05, 4.69) is 10.6 Å². The van der Waals surface area contributed by atoms with E-state index < -0.39 is 26.4 Å². The van der Waals surface area contributed by atoms with Gasteiger partial charge in [-0.1, -0.05) is 12.1 Å². The summed E-state index contributed by atoms with van der Waals surface area (Å²) in [4.78, 5) is 37.8. The van der Waals surface area contributed by atoms with Crippen molar-refractivity contribution in [2.45, 2.75) is 36.8 Å². The average molecular weight is 429 g/mol. The number of benzene rings is 2. The lowest BCUT2D eigenvalue weighted by molar-refractivity contribution is -0.121. The number of carbonyl (C=O) groups excluding carboxylic acids is 3. The van der Waals surface area contributed by atoms with E-state index in [9.17, 15) is 22.8 Å². The van der Waals surface area contributed by atoms with Crippen molar-refractivity contribution >= 4 is 44.6 Å². The van der Waals surface area contributed by atoms with Crippen molar-refractivity contribution < 1.29 is 22.8 Å². The molecule has 0 saturated carbocycles. The van der Waals surface area contributed by atoms with Gasteiger partial charge in [-0.2, -0.15) is 0 Å². The molecule has 2 N–H and O–H groups in total. The fourth-order valence-electron chi connectivity index (χ4n) is 3.25. The van der Waals surface area contributed by atoms with Crippen molar-refractivity contribution in [1.29, 1.82) is 0 Å². The molecule has 2 aromatic rings. The predicted molar refractivity (Wildman–Crippen MR) is 114 cm³/mol. The maximum atomic E-state index is 13.0. The van der Waals surface area contributed by atoms with E-state index in [0.29, 0.717) is 11.4 Å². The van der Waals surface area contributed by atoms with Crippen LogP contribution in [0.4, 0.5) is 17.1 Å².